The maximum Gasteiger partial charge on any atom is 0.341 e. The number of esters is 1. The monoisotopic (exact) mass is 503 g/mol. The third kappa shape index (κ3) is 5.48. The Bertz CT molecular complexity index is 1240. The fourth-order valence-corrected chi connectivity index (χ4v) is 5.42. The first-order chi connectivity index (χ1) is 16.0. The largest absolute Gasteiger partial charge is 0.462 e. The molecule has 4 rings (SSSR count). The van der Waals surface area contributed by atoms with Gasteiger partial charge in [-0.25, -0.2) is 9.78 Å². The van der Waals surface area contributed by atoms with Crippen molar-refractivity contribution in [2.24, 2.45) is 0 Å². The molecule has 10 heteroatoms. The summed E-state index contributed by atoms with van der Waals surface area (Å²) < 4.78 is 5.23. The Labute approximate surface area is 203 Å². The number of amides is 1. The molecule has 0 atom stereocenters. The van der Waals surface area contributed by atoms with Gasteiger partial charge in [-0.3, -0.25) is 9.59 Å². The molecule has 0 radical (unpaired) electrons. The van der Waals surface area contributed by atoms with Crippen molar-refractivity contribution in [3.8, 4) is 11.1 Å². The number of thiophene rings is 1. The number of hydrogen-bond donors (Lipinski definition) is 2. The third-order valence-electron chi connectivity index (χ3n) is 5.19. The quantitative estimate of drug-likeness (QED) is 0.269. The molecule has 1 aliphatic rings. The maximum atomic E-state index is 12.7. The van der Waals surface area contributed by atoms with Gasteiger partial charge in [-0.2, -0.15) is 0 Å². The predicted molar refractivity (Wildman–Crippen MR) is 132 cm³/mol. The summed E-state index contributed by atoms with van der Waals surface area (Å²) >= 11 is 8.39. The molecule has 2 heterocycles. The van der Waals surface area contributed by atoms with E-state index in [9.17, 15) is 14.4 Å². The average molecular weight is 504 g/mol. The normalized spacial score (nSPS) is 12.8. The van der Waals surface area contributed by atoms with Gasteiger partial charge in [-0.1, -0.05) is 35.5 Å². The Balaban J connectivity index is 1.51. The van der Waals surface area contributed by atoms with Gasteiger partial charge in [0.1, 0.15) is 10.6 Å². The van der Waals surface area contributed by atoms with Crippen LogP contribution < -0.4 is 10.9 Å². The van der Waals surface area contributed by atoms with Crippen molar-refractivity contribution in [2.45, 2.75) is 37.8 Å². The van der Waals surface area contributed by atoms with Gasteiger partial charge in [-0.05, 0) is 50.3 Å². The van der Waals surface area contributed by atoms with Gasteiger partial charge >= 0.3 is 5.97 Å². The Morgan fingerprint density at radius 3 is 2.76 bits per heavy atom. The van der Waals surface area contributed by atoms with Crippen molar-refractivity contribution in [3.63, 3.8) is 0 Å². The number of benzene rings is 1. The number of fused-ring (bicyclic) bond motifs is 1. The predicted octanol–water partition coefficient (Wildman–Crippen LogP) is 4.94. The molecule has 0 bridgehead atoms. The summed E-state index contributed by atoms with van der Waals surface area (Å²) in [5.41, 5.74) is 3.22. The molecule has 7 nitrogen and oxygen atoms in total. The van der Waals surface area contributed by atoms with Crippen LogP contribution >= 0.6 is 34.7 Å². The lowest BCUT2D eigenvalue weighted by molar-refractivity contribution is -0.113. The lowest BCUT2D eigenvalue weighted by Crippen LogP contribution is -2.22. The number of rotatable bonds is 7. The van der Waals surface area contributed by atoms with E-state index in [1.165, 1.54) is 11.3 Å². The van der Waals surface area contributed by atoms with E-state index in [1.54, 1.807) is 24.4 Å². The lowest BCUT2D eigenvalue weighted by Gasteiger charge is -2.14. The van der Waals surface area contributed by atoms with E-state index in [0.717, 1.165) is 54.3 Å². The molecule has 0 saturated heterocycles. The molecule has 2 N–H and O–H groups in total. The molecule has 0 saturated carbocycles. The van der Waals surface area contributed by atoms with Gasteiger partial charge in [0.15, 0.2) is 5.16 Å². The number of nitrogens with one attached hydrogen (secondary N) is 2. The van der Waals surface area contributed by atoms with E-state index < -0.39 is 5.97 Å². The fourth-order valence-electron chi connectivity index (χ4n) is 3.64. The summed E-state index contributed by atoms with van der Waals surface area (Å²) in [5.74, 6) is -0.777. The molecule has 0 fully saturated rings. The van der Waals surface area contributed by atoms with Crippen LogP contribution in [0, 0.1) is 0 Å². The third-order valence-corrected chi connectivity index (χ3v) is 7.21. The standard InChI is InChI=1S/C23H22ClN3O4S2/c1-2-31-22(30)19-16(13-7-9-14(24)10-8-13)11-32-21(19)26-18(28)12-33-23-25-17-6-4-3-5-15(17)20(29)27-23/h7-11H,2-6,12H2,1H3,(H,26,28)(H,25,27,29). The Kier molecular flexibility index (Phi) is 7.52. The molecule has 1 aromatic carbocycles. The van der Waals surface area contributed by atoms with Gasteiger partial charge < -0.3 is 15.0 Å². The molecule has 172 valence electrons. The minimum Gasteiger partial charge on any atom is -0.462 e. The minimum atomic E-state index is -0.507. The van der Waals surface area contributed by atoms with Crippen LogP contribution in [0.3, 0.4) is 0 Å². The van der Waals surface area contributed by atoms with E-state index in [0.29, 0.717) is 26.3 Å². The highest BCUT2D eigenvalue weighted by Gasteiger charge is 2.23. The second-order valence-corrected chi connectivity index (χ2v) is 9.70. The first-order valence-electron chi connectivity index (χ1n) is 10.6. The van der Waals surface area contributed by atoms with Gasteiger partial charge in [0.2, 0.25) is 5.91 Å². The minimum absolute atomic E-state index is 0.0399. The number of anilines is 1. The van der Waals surface area contributed by atoms with Crippen LogP contribution in [0.15, 0.2) is 39.6 Å². The van der Waals surface area contributed by atoms with Gasteiger partial charge in [0.25, 0.3) is 5.56 Å². The van der Waals surface area contributed by atoms with Gasteiger partial charge in [-0.15, -0.1) is 11.3 Å². The van der Waals surface area contributed by atoms with E-state index >= 15 is 0 Å². The van der Waals surface area contributed by atoms with Crippen LogP contribution in [0.4, 0.5) is 5.00 Å². The number of ether oxygens (including phenoxy) is 1. The first-order valence-corrected chi connectivity index (χ1v) is 12.8. The SMILES string of the molecule is CCOC(=O)c1c(-c2ccc(Cl)cc2)csc1NC(=O)CSc1nc2c(c(=O)[nH]1)CCCC2. The molecule has 0 unspecified atom stereocenters. The zero-order valence-electron chi connectivity index (χ0n) is 17.9. The smallest absolute Gasteiger partial charge is 0.341 e. The molecule has 1 amide bonds. The molecular formula is C23H22ClN3O4S2. The van der Waals surface area contributed by atoms with Gasteiger partial charge in [0, 0.05) is 21.5 Å². The zero-order chi connectivity index (χ0) is 23.4. The summed E-state index contributed by atoms with van der Waals surface area (Å²) in [6.07, 6.45) is 3.53. The molecular weight excluding hydrogens is 482 g/mol. The van der Waals surface area contributed by atoms with E-state index in [4.69, 9.17) is 16.3 Å². The van der Waals surface area contributed by atoms with Gasteiger partial charge in [0.05, 0.1) is 18.1 Å². The number of aryl methyl sites for hydroxylation is 1. The van der Waals surface area contributed by atoms with Crippen LogP contribution in [-0.4, -0.2) is 34.2 Å². The topological polar surface area (TPSA) is 101 Å². The Hall–Kier alpha value is -2.62. The van der Waals surface area contributed by atoms with E-state index in [-0.39, 0.29) is 23.8 Å². The number of nitrogens with zero attached hydrogens (tertiary/aromatic N) is 1. The van der Waals surface area contributed by atoms with Crippen LogP contribution in [0.2, 0.25) is 5.02 Å². The number of halogens is 1. The Morgan fingerprint density at radius 2 is 2.00 bits per heavy atom. The molecule has 3 aromatic rings. The van der Waals surface area contributed by atoms with Crippen molar-refractivity contribution >= 4 is 51.6 Å². The Morgan fingerprint density at radius 1 is 1.24 bits per heavy atom. The number of H-pyrrole nitrogens is 1. The summed E-state index contributed by atoms with van der Waals surface area (Å²) in [6.45, 7) is 1.95. The van der Waals surface area contributed by atoms with E-state index in [1.807, 2.05) is 12.1 Å². The second kappa shape index (κ2) is 10.5. The number of aromatic amines is 1. The highest BCUT2D eigenvalue weighted by atomic mass is 35.5. The summed E-state index contributed by atoms with van der Waals surface area (Å²) in [4.78, 5) is 44.9. The highest BCUT2D eigenvalue weighted by Crippen LogP contribution is 2.36. The molecule has 2 aromatic heterocycles. The molecule has 1 aliphatic carbocycles. The number of aromatic nitrogens is 2. The summed E-state index contributed by atoms with van der Waals surface area (Å²) in [6, 6.07) is 7.11. The van der Waals surface area contributed by atoms with Crippen molar-refractivity contribution in [3.05, 3.63) is 61.8 Å². The van der Waals surface area contributed by atoms with Crippen LogP contribution in [0.25, 0.3) is 11.1 Å². The number of carbonyl (C=O) groups excluding carboxylic acids is 2. The number of hydrogen-bond acceptors (Lipinski definition) is 7. The number of thioether (sulfide) groups is 1. The van der Waals surface area contributed by atoms with Crippen molar-refractivity contribution in [2.75, 3.05) is 17.7 Å². The zero-order valence-corrected chi connectivity index (χ0v) is 20.3. The fraction of sp³-hybridized carbons (Fsp3) is 0.304. The average Bonchev–Trinajstić information content (AvgIpc) is 3.22. The van der Waals surface area contributed by atoms with Crippen molar-refractivity contribution in [1.82, 2.24) is 9.97 Å². The van der Waals surface area contributed by atoms with Crippen LogP contribution in [-0.2, 0) is 22.4 Å². The maximum absolute atomic E-state index is 12.7. The molecule has 0 spiro atoms. The second-order valence-electron chi connectivity index (χ2n) is 7.42. The highest BCUT2D eigenvalue weighted by molar-refractivity contribution is 7.99. The van der Waals surface area contributed by atoms with Crippen molar-refractivity contribution < 1.29 is 14.3 Å². The summed E-state index contributed by atoms with van der Waals surface area (Å²) in [5, 5.41) is 6.04. The van der Waals surface area contributed by atoms with E-state index in [2.05, 4.69) is 15.3 Å². The van der Waals surface area contributed by atoms with Crippen molar-refractivity contribution in [1.29, 1.82) is 0 Å². The lowest BCUT2D eigenvalue weighted by atomic mass is 9.97. The van der Waals surface area contributed by atoms with Crippen LogP contribution in [0.5, 0.6) is 0 Å². The molecule has 33 heavy (non-hydrogen) atoms. The first kappa shape index (κ1) is 23.5. The molecule has 0 aliphatic heterocycles. The van der Waals surface area contributed by atoms with Crippen LogP contribution in [0.1, 0.15) is 41.4 Å². The number of carbonyl (C=O) groups is 2. The summed E-state index contributed by atoms with van der Waals surface area (Å²) in [7, 11) is 0.